The van der Waals surface area contributed by atoms with Gasteiger partial charge in [0.2, 0.25) is 5.54 Å². The van der Waals surface area contributed by atoms with Crippen LogP contribution >= 0.6 is 11.3 Å². The fraction of sp³-hybridized carbons (Fsp3) is 0.273. The molecule has 3 N–H and O–H groups in total. The Morgan fingerprint density at radius 3 is 2.81 bits per heavy atom. The number of aliphatic imine (C=N–C) groups is 1. The molecular weight excluding hydrogens is 432 g/mol. The van der Waals surface area contributed by atoms with Gasteiger partial charge < -0.3 is 20.1 Å². The molecule has 1 fully saturated rings. The van der Waals surface area contributed by atoms with Crippen molar-refractivity contribution in [3.05, 3.63) is 51.2 Å². The number of fused-ring (bicyclic) bond motifs is 1. The van der Waals surface area contributed by atoms with Crippen molar-refractivity contribution in [3.8, 4) is 17.6 Å². The molecule has 0 spiro atoms. The second kappa shape index (κ2) is 8.45. The van der Waals surface area contributed by atoms with Crippen LogP contribution in [0.15, 0.2) is 35.3 Å². The van der Waals surface area contributed by atoms with Gasteiger partial charge in [0.15, 0.2) is 0 Å². The summed E-state index contributed by atoms with van der Waals surface area (Å²) in [7, 11) is 1.52. The number of benzene rings is 1. The predicted molar refractivity (Wildman–Crippen MR) is 118 cm³/mol. The van der Waals surface area contributed by atoms with Gasteiger partial charge in [-0.2, -0.15) is 0 Å². The van der Waals surface area contributed by atoms with Crippen molar-refractivity contribution in [2.45, 2.75) is 19.0 Å². The molecule has 2 aromatic rings. The van der Waals surface area contributed by atoms with Gasteiger partial charge in [0.05, 0.1) is 24.2 Å². The van der Waals surface area contributed by atoms with Crippen LogP contribution in [0.2, 0.25) is 0 Å². The van der Waals surface area contributed by atoms with E-state index >= 15 is 0 Å². The van der Waals surface area contributed by atoms with E-state index < -0.39 is 17.5 Å². The molecule has 4 rings (SSSR count). The van der Waals surface area contributed by atoms with E-state index in [9.17, 15) is 14.4 Å². The molecular formula is C22H20N4O5S. The molecule has 1 atom stereocenters. The number of hydrogen-bond donors (Lipinski definition) is 3. The van der Waals surface area contributed by atoms with Crippen LogP contribution < -0.4 is 15.4 Å². The number of ether oxygens (including phenoxy) is 1. The largest absolute Gasteiger partial charge is 0.497 e. The van der Waals surface area contributed by atoms with Crippen LogP contribution in [0.25, 0.3) is 0 Å². The Labute approximate surface area is 188 Å². The molecule has 0 unspecified atom stereocenters. The lowest BCUT2D eigenvalue weighted by Gasteiger charge is -2.26. The van der Waals surface area contributed by atoms with E-state index in [1.54, 1.807) is 31.2 Å². The van der Waals surface area contributed by atoms with E-state index in [-0.39, 0.29) is 19.2 Å². The van der Waals surface area contributed by atoms with E-state index in [2.05, 4.69) is 27.5 Å². The maximum atomic E-state index is 12.9. The Morgan fingerprint density at radius 2 is 2.12 bits per heavy atom. The van der Waals surface area contributed by atoms with Crippen LogP contribution in [0, 0.1) is 11.8 Å². The zero-order valence-electron chi connectivity index (χ0n) is 17.4. The van der Waals surface area contributed by atoms with Crippen LogP contribution in [-0.4, -0.2) is 59.5 Å². The maximum absolute atomic E-state index is 12.9. The first-order valence-electron chi connectivity index (χ1n) is 9.70. The standard InChI is InChI=1S/C22H20N4O5S/c1-13(23-12-27)18-6-5-16(32-18)7-8-22(20(29)24-21(30)25-22)11-26-10-14-3-4-15(31-2)9-17(14)19(26)28/h3-6,9,27H,10-12H2,1-2H3,(H2,24,25,29,30)/b23-13+/t22-/m1/s1. The number of nitrogens with one attached hydrogen (secondary N) is 2. The Balaban J connectivity index is 1.62. The fourth-order valence-electron chi connectivity index (χ4n) is 3.56. The third-order valence-electron chi connectivity index (χ3n) is 5.24. The number of carbonyl (C=O) groups is 3. The van der Waals surface area contributed by atoms with Crippen LogP contribution in [0.1, 0.15) is 32.6 Å². The van der Waals surface area contributed by atoms with Crippen LogP contribution in [-0.2, 0) is 11.3 Å². The number of methoxy groups -OCH3 is 1. The quantitative estimate of drug-likeness (QED) is 0.357. The molecule has 2 aliphatic heterocycles. The third-order valence-corrected chi connectivity index (χ3v) is 6.34. The summed E-state index contributed by atoms with van der Waals surface area (Å²) >= 11 is 1.35. The molecule has 0 bridgehead atoms. The van der Waals surface area contributed by atoms with E-state index in [0.29, 0.717) is 28.4 Å². The molecule has 1 aromatic carbocycles. The van der Waals surface area contributed by atoms with E-state index in [0.717, 1.165) is 10.4 Å². The first-order valence-corrected chi connectivity index (χ1v) is 10.5. The van der Waals surface area contributed by atoms with Crippen molar-refractivity contribution in [1.82, 2.24) is 15.5 Å². The molecule has 0 saturated carbocycles. The van der Waals surface area contributed by atoms with Crippen molar-refractivity contribution in [1.29, 1.82) is 0 Å². The Morgan fingerprint density at radius 1 is 1.31 bits per heavy atom. The number of hydrogen-bond acceptors (Lipinski definition) is 7. The lowest BCUT2D eigenvalue weighted by molar-refractivity contribution is -0.122. The summed E-state index contributed by atoms with van der Waals surface area (Å²) in [5, 5.41) is 13.8. The van der Waals surface area contributed by atoms with Gasteiger partial charge in [-0.15, -0.1) is 11.3 Å². The molecule has 3 heterocycles. The smallest absolute Gasteiger partial charge is 0.323 e. The zero-order valence-corrected chi connectivity index (χ0v) is 18.2. The Kier molecular flexibility index (Phi) is 5.69. The van der Waals surface area contributed by atoms with Crippen molar-refractivity contribution in [2.75, 3.05) is 20.4 Å². The number of imide groups is 1. The summed E-state index contributed by atoms with van der Waals surface area (Å²) in [5.74, 6) is 5.52. The summed E-state index contributed by atoms with van der Waals surface area (Å²) in [6.45, 7) is 1.66. The topological polar surface area (TPSA) is 120 Å². The van der Waals surface area contributed by atoms with Gasteiger partial charge in [-0.1, -0.05) is 17.9 Å². The average molecular weight is 452 g/mol. The first kappa shape index (κ1) is 21.5. The second-order valence-corrected chi connectivity index (χ2v) is 8.38. The van der Waals surface area contributed by atoms with Crippen LogP contribution in [0.5, 0.6) is 5.75 Å². The van der Waals surface area contributed by atoms with Crippen molar-refractivity contribution in [3.63, 3.8) is 0 Å². The second-order valence-electron chi connectivity index (χ2n) is 7.30. The summed E-state index contributed by atoms with van der Waals surface area (Å²) in [6.07, 6.45) is 0. The normalized spacial score (nSPS) is 19.9. The lowest BCUT2D eigenvalue weighted by atomic mass is 9.99. The molecule has 10 heteroatoms. The van der Waals surface area contributed by atoms with Crippen LogP contribution in [0.3, 0.4) is 0 Å². The maximum Gasteiger partial charge on any atom is 0.323 e. The number of amides is 4. The predicted octanol–water partition coefficient (Wildman–Crippen LogP) is 1.10. The molecule has 9 nitrogen and oxygen atoms in total. The van der Waals surface area contributed by atoms with Gasteiger partial charge in [-0.05, 0) is 36.8 Å². The monoisotopic (exact) mass is 452 g/mol. The third kappa shape index (κ3) is 3.95. The summed E-state index contributed by atoms with van der Waals surface area (Å²) in [6, 6.07) is 8.17. The van der Waals surface area contributed by atoms with E-state index in [1.165, 1.54) is 23.3 Å². The Hall–Kier alpha value is -3.68. The van der Waals surface area contributed by atoms with Crippen molar-refractivity contribution >= 4 is 34.9 Å². The van der Waals surface area contributed by atoms with E-state index in [4.69, 9.17) is 9.84 Å². The van der Waals surface area contributed by atoms with Gasteiger partial charge in [0.1, 0.15) is 12.5 Å². The average Bonchev–Trinajstić information content (AvgIpc) is 3.44. The van der Waals surface area contributed by atoms with Gasteiger partial charge in [-0.3, -0.25) is 19.9 Å². The fourth-order valence-corrected chi connectivity index (χ4v) is 4.39. The van der Waals surface area contributed by atoms with Crippen LogP contribution in [0.4, 0.5) is 4.79 Å². The number of rotatable bonds is 5. The molecule has 164 valence electrons. The van der Waals surface area contributed by atoms with Gasteiger partial charge in [-0.25, -0.2) is 4.79 Å². The highest BCUT2D eigenvalue weighted by atomic mass is 32.1. The number of carbonyl (C=O) groups excluding carboxylic acids is 3. The minimum absolute atomic E-state index is 0.101. The SMILES string of the molecule is COc1ccc2c(c1)C(=O)N(C[C@@]1(C#Cc3ccc(/C(C)=N/CO)s3)NC(=O)NC1=O)C2. The number of thiophene rings is 1. The highest BCUT2D eigenvalue weighted by Gasteiger charge is 2.48. The molecule has 4 amide bonds. The Bertz CT molecular complexity index is 1210. The zero-order chi connectivity index (χ0) is 22.9. The number of aliphatic hydroxyl groups excluding tert-OH is 1. The minimum atomic E-state index is -1.57. The number of nitrogens with zero attached hydrogens (tertiary/aromatic N) is 2. The molecule has 0 radical (unpaired) electrons. The summed E-state index contributed by atoms with van der Waals surface area (Å²) < 4.78 is 5.19. The van der Waals surface area contributed by atoms with Crippen molar-refractivity contribution in [2.24, 2.45) is 4.99 Å². The van der Waals surface area contributed by atoms with Gasteiger partial charge >= 0.3 is 6.03 Å². The highest BCUT2D eigenvalue weighted by molar-refractivity contribution is 7.14. The summed E-state index contributed by atoms with van der Waals surface area (Å²) in [4.78, 5) is 44.5. The van der Waals surface area contributed by atoms with Gasteiger partial charge in [0.25, 0.3) is 11.8 Å². The molecule has 0 aliphatic carbocycles. The van der Waals surface area contributed by atoms with E-state index in [1.807, 2.05) is 6.07 Å². The lowest BCUT2D eigenvalue weighted by Crippen LogP contribution is -2.54. The summed E-state index contributed by atoms with van der Waals surface area (Å²) in [5.41, 5.74) is 0.406. The molecule has 2 aliphatic rings. The van der Waals surface area contributed by atoms with Crippen molar-refractivity contribution < 1.29 is 24.2 Å². The minimum Gasteiger partial charge on any atom is -0.497 e. The molecule has 1 aromatic heterocycles. The number of aliphatic hydroxyl groups is 1. The first-order chi connectivity index (χ1) is 15.3. The highest BCUT2D eigenvalue weighted by Crippen LogP contribution is 2.28. The molecule has 1 saturated heterocycles. The number of urea groups is 1. The van der Waals surface area contributed by atoms with Gasteiger partial charge in [0, 0.05) is 17.0 Å². The molecule has 32 heavy (non-hydrogen) atoms.